The van der Waals surface area contributed by atoms with E-state index in [9.17, 15) is 15.8 Å². The highest BCUT2D eigenvalue weighted by molar-refractivity contribution is 6.11. The third kappa shape index (κ3) is 6.06. The van der Waals surface area contributed by atoms with Crippen LogP contribution in [0.5, 0.6) is 0 Å². The second kappa shape index (κ2) is 14.3. The van der Waals surface area contributed by atoms with Crippen LogP contribution in [0.3, 0.4) is 0 Å². The average Bonchev–Trinajstić information content (AvgIpc) is 3.60. The van der Waals surface area contributed by atoms with Gasteiger partial charge in [-0.2, -0.15) is 15.8 Å². The van der Waals surface area contributed by atoms with Gasteiger partial charge in [-0.3, -0.25) is 0 Å². The number of nitrogens with zero attached hydrogens (tertiary/aromatic N) is 7. The van der Waals surface area contributed by atoms with Crippen LogP contribution < -0.4 is 4.90 Å². The van der Waals surface area contributed by atoms with Gasteiger partial charge in [-0.15, -0.1) is 0 Å². The molecular weight excluding hydrogens is 687 g/mol. The molecule has 2 aromatic heterocycles. The van der Waals surface area contributed by atoms with Crippen LogP contribution >= 0.6 is 0 Å². The molecule has 0 amide bonds. The molecular formula is C49H29N7. The molecule has 2 heterocycles. The average molecular weight is 716 g/mol. The first-order valence-corrected chi connectivity index (χ1v) is 18.0. The summed E-state index contributed by atoms with van der Waals surface area (Å²) in [5.74, 6) is 0.429. The minimum absolute atomic E-state index is 0.429. The maximum absolute atomic E-state index is 10.7. The van der Waals surface area contributed by atoms with E-state index < -0.39 is 0 Å². The van der Waals surface area contributed by atoms with Gasteiger partial charge in [0, 0.05) is 44.5 Å². The topological polar surface area (TPSA) is 105 Å². The lowest BCUT2D eigenvalue weighted by atomic mass is 10.0. The van der Waals surface area contributed by atoms with Gasteiger partial charge in [0.2, 0.25) is 0 Å². The summed E-state index contributed by atoms with van der Waals surface area (Å²) in [6.45, 7) is 0. The van der Waals surface area contributed by atoms with E-state index in [1.807, 2.05) is 91.0 Å². The number of fused-ring (bicyclic) bond motifs is 3. The van der Waals surface area contributed by atoms with Crippen LogP contribution in [0, 0.1) is 34.0 Å². The van der Waals surface area contributed by atoms with Crippen LogP contribution in [0.25, 0.3) is 61.4 Å². The number of anilines is 3. The number of hydrogen-bond acceptors (Lipinski definition) is 6. The molecule has 0 N–H and O–H groups in total. The normalized spacial score (nSPS) is 10.8. The Morgan fingerprint density at radius 1 is 0.429 bits per heavy atom. The molecule has 9 aromatic rings. The van der Waals surface area contributed by atoms with E-state index in [0.29, 0.717) is 39.5 Å². The summed E-state index contributed by atoms with van der Waals surface area (Å²) in [7, 11) is 0. The molecule has 0 unspecified atom stereocenters. The lowest BCUT2D eigenvalue weighted by Crippen LogP contribution is -2.09. The largest absolute Gasteiger partial charge is 0.310 e. The highest BCUT2D eigenvalue weighted by Gasteiger charge is 2.20. The molecule has 7 heteroatoms. The van der Waals surface area contributed by atoms with Gasteiger partial charge >= 0.3 is 0 Å². The smallest absolute Gasteiger partial charge is 0.160 e. The molecule has 0 spiro atoms. The fraction of sp³-hybridized carbons (Fsp3) is 0. The number of hydrogen-bond donors (Lipinski definition) is 0. The van der Waals surface area contributed by atoms with E-state index in [0.717, 1.165) is 55.7 Å². The molecule has 0 radical (unpaired) electrons. The van der Waals surface area contributed by atoms with E-state index in [1.54, 1.807) is 30.3 Å². The Balaban J connectivity index is 1.20. The van der Waals surface area contributed by atoms with E-state index in [2.05, 4.69) is 82.3 Å². The van der Waals surface area contributed by atoms with Crippen molar-refractivity contribution in [3.8, 4) is 57.8 Å². The molecule has 0 atom stereocenters. The first-order chi connectivity index (χ1) is 27.6. The van der Waals surface area contributed by atoms with Gasteiger partial charge in [-0.25, -0.2) is 9.97 Å². The highest BCUT2D eigenvalue weighted by Crippen LogP contribution is 2.40. The Bertz CT molecular complexity index is 2960. The zero-order valence-electron chi connectivity index (χ0n) is 29.9. The first kappa shape index (κ1) is 33.5. The number of benzene rings is 7. The predicted molar refractivity (Wildman–Crippen MR) is 222 cm³/mol. The van der Waals surface area contributed by atoms with E-state index in [-0.39, 0.29) is 0 Å². The molecule has 260 valence electrons. The molecule has 9 rings (SSSR count). The highest BCUT2D eigenvalue weighted by atomic mass is 15.1. The SMILES string of the molecule is N#Cc1cccc(-c2cc(-c3ccc(-n4c5ccccc5c5cc(N(c6ccccc6)c6ccccc6)ccc54)c(C#N)c3)nc(-c3cccc(C#N)c3)n2)c1. The first-order valence-electron chi connectivity index (χ1n) is 18.0. The summed E-state index contributed by atoms with van der Waals surface area (Å²) in [6.07, 6.45) is 0. The summed E-state index contributed by atoms with van der Waals surface area (Å²) in [5, 5.41) is 32.1. The molecule has 56 heavy (non-hydrogen) atoms. The lowest BCUT2D eigenvalue weighted by molar-refractivity contribution is 1.16. The summed E-state index contributed by atoms with van der Waals surface area (Å²) in [4.78, 5) is 12.1. The third-order valence-corrected chi connectivity index (χ3v) is 9.86. The predicted octanol–water partition coefficient (Wildman–Crippen LogP) is 11.7. The maximum atomic E-state index is 10.7. The van der Waals surface area contributed by atoms with Crippen molar-refractivity contribution in [2.45, 2.75) is 0 Å². The number of aromatic nitrogens is 3. The molecule has 7 nitrogen and oxygen atoms in total. The van der Waals surface area contributed by atoms with Crippen molar-refractivity contribution >= 4 is 38.9 Å². The molecule has 0 aliphatic rings. The van der Waals surface area contributed by atoms with Crippen molar-refractivity contribution in [2.24, 2.45) is 0 Å². The Morgan fingerprint density at radius 3 is 1.68 bits per heavy atom. The van der Waals surface area contributed by atoms with E-state index >= 15 is 0 Å². The van der Waals surface area contributed by atoms with E-state index in [1.165, 1.54) is 0 Å². The second-order valence-electron chi connectivity index (χ2n) is 13.3. The molecule has 0 saturated carbocycles. The Kier molecular flexibility index (Phi) is 8.53. The van der Waals surface area contributed by atoms with Crippen molar-refractivity contribution < 1.29 is 0 Å². The second-order valence-corrected chi connectivity index (χ2v) is 13.3. The summed E-state index contributed by atoms with van der Waals surface area (Å²) >= 11 is 0. The van der Waals surface area contributed by atoms with Gasteiger partial charge < -0.3 is 9.47 Å². The van der Waals surface area contributed by atoms with Crippen molar-refractivity contribution in [3.05, 3.63) is 193 Å². The summed E-state index contributed by atoms with van der Waals surface area (Å²) < 4.78 is 2.16. The quantitative estimate of drug-likeness (QED) is 0.163. The fourth-order valence-electron chi connectivity index (χ4n) is 7.29. The Labute approximate surface area is 323 Å². The van der Waals surface area contributed by atoms with Crippen LogP contribution in [0.1, 0.15) is 16.7 Å². The zero-order valence-corrected chi connectivity index (χ0v) is 29.9. The zero-order chi connectivity index (χ0) is 38.0. The van der Waals surface area contributed by atoms with Crippen LogP contribution in [-0.2, 0) is 0 Å². The molecule has 7 aromatic carbocycles. The van der Waals surface area contributed by atoms with Crippen molar-refractivity contribution in [1.29, 1.82) is 15.8 Å². The van der Waals surface area contributed by atoms with Crippen LogP contribution in [0.2, 0.25) is 0 Å². The number of para-hydroxylation sites is 3. The molecule has 0 bridgehead atoms. The Hall–Kier alpha value is -8.31. The fourth-order valence-corrected chi connectivity index (χ4v) is 7.29. The summed E-state index contributed by atoms with van der Waals surface area (Å²) in [6, 6.07) is 64.4. The molecule has 0 saturated heterocycles. The standard InChI is InChI=1S/C49H29N7/c50-30-33-11-9-13-35(25-33)44-29-45(54-49(53-44)37-14-10-12-34(26-37)31-51)36-21-23-46(38(27-36)32-52)56-47-20-8-7-19-42(47)43-28-41(22-24-48(43)56)55(39-15-3-1-4-16-39)40-17-5-2-6-18-40/h1-29H. The van der Waals surface area contributed by atoms with Gasteiger partial charge in [0.1, 0.15) is 6.07 Å². The van der Waals surface area contributed by atoms with Crippen LogP contribution in [0.15, 0.2) is 176 Å². The number of nitriles is 3. The summed E-state index contributed by atoms with van der Waals surface area (Å²) in [5.41, 5.74) is 10.7. The monoisotopic (exact) mass is 715 g/mol. The van der Waals surface area contributed by atoms with Gasteiger partial charge in [-0.1, -0.05) is 84.9 Å². The Morgan fingerprint density at radius 2 is 1.02 bits per heavy atom. The number of rotatable bonds is 7. The minimum Gasteiger partial charge on any atom is -0.310 e. The van der Waals surface area contributed by atoms with E-state index in [4.69, 9.17) is 9.97 Å². The van der Waals surface area contributed by atoms with Gasteiger partial charge in [-0.05, 0) is 91.0 Å². The lowest BCUT2D eigenvalue weighted by Gasteiger charge is -2.25. The van der Waals surface area contributed by atoms with Crippen molar-refractivity contribution in [3.63, 3.8) is 0 Å². The minimum atomic E-state index is 0.429. The van der Waals surface area contributed by atoms with Crippen molar-refractivity contribution in [1.82, 2.24) is 14.5 Å². The third-order valence-electron chi connectivity index (χ3n) is 9.86. The van der Waals surface area contributed by atoms with Gasteiger partial charge in [0.15, 0.2) is 5.82 Å². The van der Waals surface area contributed by atoms with Crippen LogP contribution in [0.4, 0.5) is 17.1 Å². The van der Waals surface area contributed by atoms with Gasteiger partial charge in [0.05, 0.1) is 56.9 Å². The van der Waals surface area contributed by atoms with Gasteiger partial charge in [0.25, 0.3) is 0 Å². The molecule has 0 aliphatic carbocycles. The van der Waals surface area contributed by atoms with Crippen molar-refractivity contribution in [2.75, 3.05) is 4.90 Å². The molecule has 0 fully saturated rings. The van der Waals surface area contributed by atoms with Crippen LogP contribution in [-0.4, -0.2) is 14.5 Å². The maximum Gasteiger partial charge on any atom is 0.160 e. The molecule has 0 aliphatic heterocycles.